The first-order chi connectivity index (χ1) is 6.88. The van der Waals surface area contributed by atoms with Gasteiger partial charge in [0.25, 0.3) is 0 Å². The molecule has 0 fully saturated rings. The van der Waals surface area contributed by atoms with Crippen LogP contribution < -0.4 is 0 Å². The summed E-state index contributed by atoms with van der Waals surface area (Å²) in [6.45, 7) is 0. The van der Waals surface area contributed by atoms with Gasteiger partial charge < -0.3 is 0 Å². The number of hydrogen-bond acceptors (Lipinski definition) is 1. The average molecular weight is 178 g/mol. The maximum absolute atomic E-state index is 11.7. The molecular formula is C13H6O. The zero-order valence-electron chi connectivity index (χ0n) is 7.37. The second kappa shape index (κ2) is 3.88. The molecule has 0 aliphatic rings. The molecule has 0 aliphatic heterocycles. The standard InChI is InChI=1S/C13H6O/c14-13(11-7-3-1-4-8-11)12-9-5-2-6-10-12/h1-3,5,7,9H. The summed E-state index contributed by atoms with van der Waals surface area (Å²) < 4.78 is 0. The normalized spacial score (nSPS) is 9.71. The van der Waals surface area contributed by atoms with Crippen LogP contribution in [-0.2, 0) is 0 Å². The van der Waals surface area contributed by atoms with Crippen LogP contribution in [0.3, 0.4) is 0 Å². The minimum absolute atomic E-state index is 0.0984. The van der Waals surface area contributed by atoms with E-state index in [-0.39, 0.29) is 5.78 Å². The summed E-state index contributed by atoms with van der Waals surface area (Å²) in [6, 6.07) is 21.3. The second-order valence-electron chi connectivity index (χ2n) is 2.75. The van der Waals surface area contributed by atoms with Crippen LogP contribution in [0.2, 0.25) is 0 Å². The SMILES string of the molecule is O=C(c1[c][c]ccc1)c1[c][c]ccc1. The van der Waals surface area contributed by atoms with Gasteiger partial charge in [0.15, 0.2) is 5.78 Å². The van der Waals surface area contributed by atoms with Crippen molar-refractivity contribution < 1.29 is 4.79 Å². The molecule has 2 aromatic rings. The highest BCUT2D eigenvalue weighted by atomic mass is 16.1. The number of carbonyl (C=O) groups is 1. The maximum Gasteiger partial charge on any atom is 0.194 e. The van der Waals surface area contributed by atoms with E-state index < -0.39 is 0 Å². The molecule has 0 N–H and O–H groups in total. The van der Waals surface area contributed by atoms with E-state index in [1.807, 2.05) is 0 Å². The summed E-state index contributed by atoms with van der Waals surface area (Å²) >= 11 is 0. The molecule has 0 amide bonds. The highest BCUT2D eigenvalue weighted by Gasteiger charge is 2.07. The van der Waals surface area contributed by atoms with Crippen molar-refractivity contribution >= 4 is 5.78 Å². The van der Waals surface area contributed by atoms with E-state index >= 15 is 0 Å². The lowest BCUT2D eigenvalue weighted by atomic mass is 10.0. The van der Waals surface area contributed by atoms with Crippen molar-refractivity contribution in [2.45, 2.75) is 0 Å². The van der Waals surface area contributed by atoms with E-state index in [0.717, 1.165) is 0 Å². The summed E-state index contributed by atoms with van der Waals surface area (Å²) in [5, 5.41) is 0. The molecule has 0 aromatic heterocycles. The van der Waals surface area contributed by atoms with E-state index in [0.29, 0.717) is 11.1 Å². The quantitative estimate of drug-likeness (QED) is 0.644. The Kier molecular flexibility index (Phi) is 2.41. The average Bonchev–Trinajstić information content (AvgIpc) is 2.30. The molecule has 0 atom stereocenters. The van der Waals surface area contributed by atoms with Crippen LogP contribution in [0, 0.1) is 24.3 Å². The van der Waals surface area contributed by atoms with Gasteiger partial charge in [-0.2, -0.15) is 0 Å². The molecule has 0 spiro atoms. The smallest absolute Gasteiger partial charge is 0.194 e. The van der Waals surface area contributed by atoms with Crippen molar-refractivity contribution in [2.75, 3.05) is 0 Å². The highest BCUT2D eigenvalue weighted by molar-refractivity contribution is 6.08. The van der Waals surface area contributed by atoms with Gasteiger partial charge in [-0.15, -0.1) is 0 Å². The van der Waals surface area contributed by atoms with Gasteiger partial charge in [0.05, 0.1) is 0 Å². The summed E-state index contributed by atoms with van der Waals surface area (Å²) in [5.41, 5.74) is 1.01. The van der Waals surface area contributed by atoms with Gasteiger partial charge in [0, 0.05) is 23.3 Å². The van der Waals surface area contributed by atoms with Crippen LogP contribution in [0.15, 0.2) is 36.4 Å². The lowest BCUT2D eigenvalue weighted by Crippen LogP contribution is -2.00. The Morgan fingerprint density at radius 3 is 1.79 bits per heavy atom. The van der Waals surface area contributed by atoms with Crippen LogP contribution >= 0.6 is 0 Å². The molecule has 0 heterocycles. The van der Waals surface area contributed by atoms with Gasteiger partial charge in [-0.05, 0) is 12.1 Å². The van der Waals surface area contributed by atoms with Gasteiger partial charge in [-0.1, -0.05) is 36.4 Å². The van der Waals surface area contributed by atoms with E-state index in [9.17, 15) is 4.79 Å². The summed E-state index contributed by atoms with van der Waals surface area (Å²) in [4.78, 5) is 11.7. The lowest BCUT2D eigenvalue weighted by molar-refractivity contribution is 0.103. The molecule has 1 heteroatoms. The number of ketones is 1. The van der Waals surface area contributed by atoms with Gasteiger partial charge in [-0.3, -0.25) is 4.79 Å². The Morgan fingerprint density at radius 2 is 1.43 bits per heavy atom. The molecule has 0 bridgehead atoms. The third-order valence-electron chi connectivity index (χ3n) is 1.79. The minimum Gasteiger partial charge on any atom is -0.289 e. The van der Waals surface area contributed by atoms with Crippen molar-refractivity contribution in [2.24, 2.45) is 0 Å². The third kappa shape index (κ3) is 1.72. The van der Waals surface area contributed by atoms with Crippen molar-refractivity contribution in [1.29, 1.82) is 0 Å². The molecule has 14 heavy (non-hydrogen) atoms. The Balaban J connectivity index is 2.35. The fraction of sp³-hybridized carbons (Fsp3) is 0. The Hall–Kier alpha value is -1.89. The first-order valence-corrected chi connectivity index (χ1v) is 4.19. The highest BCUT2D eigenvalue weighted by Crippen LogP contribution is 2.06. The van der Waals surface area contributed by atoms with Crippen molar-refractivity contribution in [3.05, 3.63) is 71.8 Å². The Bertz CT molecular complexity index is 376. The van der Waals surface area contributed by atoms with E-state index in [1.54, 1.807) is 36.4 Å². The summed E-state index contributed by atoms with van der Waals surface area (Å²) in [7, 11) is 0. The molecule has 0 saturated heterocycles. The Morgan fingerprint density at radius 1 is 0.929 bits per heavy atom. The zero-order chi connectivity index (χ0) is 9.80. The van der Waals surface area contributed by atoms with Crippen molar-refractivity contribution in [3.63, 3.8) is 0 Å². The van der Waals surface area contributed by atoms with Crippen molar-refractivity contribution in [1.82, 2.24) is 0 Å². The van der Waals surface area contributed by atoms with Crippen molar-refractivity contribution in [3.8, 4) is 0 Å². The molecular weight excluding hydrogens is 172 g/mol. The monoisotopic (exact) mass is 178 g/mol. The van der Waals surface area contributed by atoms with Crippen LogP contribution in [0.4, 0.5) is 0 Å². The molecule has 0 aliphatic carbocycles. The molecule has 2 rings (SSSR count). The molecule has 0 saturated carbocycles. The van der Waals surface area contributed by atoms with Gasteiger partial charge in [-0.25, -0.2) is 0 Å². The van der Waals surface area contributed by atoms with E-state index in [4.69, 9.17) is 0 Å². The van der Waals surface area contributed by atoms with Crippen LogP contribution in [0.5, 0.6) is 0 Å². The predicted octanol–water partition coefficient (Wildman–Crippen LogP) is 2.12. The Labute approximate surface area is 83.0 Å². The molecule has 1 nitrogen and oxygen atoms in total. The van der Waals surface area contributed by atoms with Gasteiger partial charge >= 0.3 is 0 Å². The molecule has 0 unspecified atom stereocenters. The third-order valence-corrected chi connectivity index (χ3v) is 1.79. The number of rotatable bonds is 2. The van der Waals surface area contributed by atoms with E-state index in [1.165, 1.54) is 0 Å². The van der Waals surface area contributed by atoms with Crippen LogP contribution in [-0.4, -0.2) is 5.78 Å². The lowest BCUT2D eigenvalue weighted by Gasteiger charge is -1.98. The van der Waals surface area contributed by atoms with Crippen LogP contribution in [0.25, 0.3) is 0 Å². The largest absolute Gasteiger partial charge is 0.289 e. The second-order valence-corrected chi connectivity index (χ2v) is 2.75. The number of benzene rings is 2. The number of hydrogen-bond donors (Lipinski definition) is 0. The van der Waals surface area contributed by atoms with Gasteiger partial charge in [0.2, 0.25) is 0 Å². The van der Waals surface area contributed by atoms with E-state index in [2.05, 4.69) is 24.3 Å². The predicted molar refractivity (Wildman–Crippen MR) is 51.7 cm³/mol. The maximum atomic E-state index is 11.7. The first kappa shape index (κ1) is 8.70. The van der Waals surface area contributed by atoms with Gasteiger partial charge in [0.1, 0.15) is 0 Å². The molecule has 4 radical (unpaired) electrons. The zero-order valence-corrected chi connectivity index (χ0v) is 7.37. The number of carbonyl (C=O) groups excluding carboxylic acids is 1. The first-order valence-electron chi connectivity index (χ1n) is 4.19. The fourth-order valence-corrected chi connectivity index (χ4v) is 1.12. The summed E-state index contributed by atoms with van der Waals surface area (Å²) in [6.07, 6.45) is 0. The summed E-state index contributed by atoms with van der Waals surface area (Å²) in [5.74, 6) is -0.0984. The molecule has 2 aromatic carbocycles. The molecule has 64 valence electrons. The van der Waals surface area contributed by atoms with Crippen LogP contribution in [0.1, 0.15) is 15.9 Å². The fourth-order valence-electron chi connectivity index (χ4n) is 1.12. The minimum atomic E-state index is -0.0984. The topological polar surface area (TPSA) is 17.1 Å².